The van der Waals surface area contributed by atoms with E-state index in [2.05, 4.69) is 61.0 Å². The number of ether oxygens (including phenoxy) is 1. The molecular formula is C15H23BrO. The molecule has 1 aromatic carbocycles. The number of hydrogen-bond donors (Lipinski definition) is 0. The lowest BCUT2D eigenvalue weighted by Crippen LogP contribution is -2.28. The van der Waals surface area contributed by atoms with Crippen LogP contribution in [0.4, 0.5) is 0 Å². The zero-order valence-corrected chi connectivity index (χ0v) is 12.7. The zero-order chi connectivity index (χ0) is 12.7. The van der Waals surface area contributed by atoms with Crippen LogP contribution in [0.15, 0.2) is 30.3 Å². The summed E-state index contributed by atoms with van der Waals surface area (Å²) in [5.41, 5.74) is 1.53. The van der Waals surface area contributed by atoms with Crippen LogP contribution in [0.3, 0.4) is 0 Å². The van der Waals surface area contributed by atoms with Crippen molar-refractivity contribution in [2.24, 2.45) is 5.41 Å². The van der Waals surface area contributed by atoms with Crippen molar-refractivity contribution >= 4 is 15.9 Å². The minimum Gasteiger partial charge on any atom is -0.373 e. The third-order valence-electron chi connectivity index (χ3n) is 3.69. The van der Waals surface area contributed by atoms with Crippen LogP contribution >= 0.6 is 15.9 Å². The lowest BCUT2D eigenvalue weighted by molar-refractivity contribution is 0.00349. The van der Waals surface area contributed by atoms with E-state index in [1.54, 1.807) is 0 Å². The van der Waals surface area contributed by atoms with E-state index >= 15 is 0 Å². The van der Waals surface area contributed by atoms with Crippen molar-refractivity contribution in [1.82, 2.24) is 0 Å². The highest BCUT2D eigenvalue weighted by Gasteiger charge is 2.26. The lowest BCUT2D eigenvalue weighted by Gasteiger charge is -2.30. The highest BCUT2D eigenvalue weighted by atomic mass is 79.9. The second-order valence-corrected chi connectivity index (χ2v) is 5.27. The van der Waals surface area contributed by atoms with Gasteiger partial charge in [0.2, 0.25) is 0 Å². The highest BCUT2D eigenvalue weighted by molar-refractivity contribution is 9.09. The summed E-state index contributed by atoms with van der Waals surface area (Å²) in [5, 5.41) is 1.01. The third-order valence-corrected chi connectivity index (χ3v) is 4.88. The molecule has 0 radical (unpaired) electrons. The van der Waals surface area contributed by atoms with Gasteiger partial charge in [-0.05, 0) is 25.3 Å². The number of hydrogen-bond acceptors (Lipinski definition) is 1. The molecular weight excluding hydrogens is 276 g/mol. The second-order valence-electron chi connectivity index (χ2n) is 4.70. The maximum atomic E-state index is 6.04. The van der Waals surface area contributed by atoms with E-state index in [0.717, 1.165) is 24.8 Å². The third kappa shape index (κ3) is 4.11. The molecule has 0 bridgehead atoms. The van der Waals surface area contributed by atoms with Gasteiger partial charge in [-0.3, -0.25) is 0 Å². The van der Waals surface area contributed by atoms with Gasteiger partial charge >= 0.3 is 0 Å². The summed E-state index contributed by atoms with van der Waals surface area (Å²) in [5.74, 6) is 0. The van der Waals surface area contributed by atoms with Gasteiger partial charge < -0.3 is 4.74 Å². The lowest BCUT2D eigenvalue weighted by atomic mass is 9.86. The molecule has 0 fully saturated rings. The quantitative estimate of drug-likeness (QED) is 0.646. The largest absolute Gasteiger partial charge is 0.373 e. The van der Waals surface area contributed by atoms with Crippen molar-refractivity contribution in [3.05, 3.63) is 35.9 Å². The maximum Gasteiger partial charge on any atom is 0.0797 e. The summed E-state index contributed by atoms with van der Waals surface area (Å²) in [7, 11) is 0. The molecule has 17 heavy (non-hydrogen) atoms. The first-order valence-electron chi connectivity index (χ1n) is 6.40. The van der Waals surface area contributed by atoms with Crippen LogP contribution in [0.5, 0.6) is 0 Å². The van der Waals surface area contributed by atoms with Gasteiger partial charge in [0, 0.05) is 10.7 Å². The van der Waals surface area contributed by atoms with Crippen LogP contribution in [-0.2, 0) is 4.74 Å². The molecule has 1 rings (SSSR count). The molecule has 0 aromatic heterocycles. The first-order valence-corrected chi connectivity index (χ1v) is 7.52. The number of halogens is 1. The molecule has 1 unspecified atom stereocenters. The molecule has 96 valence electrons. The molecule has 0 saturated carbocycles. The summed E-state index contributed by atoms with van der Waals surface area (Å²) in [6, 6.07) is 10.4. The van der Waals surface area contributed by atoms with E-state index in [1.807, 2.05) is 6.07 Å². The Balaban J connectivity index is 2.55. The van der Waals surface area contributed by atoms with E-state index in [-0.39, 0.29) is 11.5 Å². The molecule has 0 aliphatic heterocycles. The molecule has 2 heteroatoms. The van der Waals surface area contributed by atoms with Gasteiger partial charge in [-0.15, -0.1) is 0 Å². The smallest absolute Gasteiger partial charge is 0.0797 e. The van der Waals surface area contributed by atoms with Crippen LogP contribution in [0.1, 0.15) is 45.3 Å². The second kappa shape index (κ2) is 7.17. The fourth-order valence-corrected chi connectivity index (χ4v) is 2.76. The molecule has 1 nitrogen and oxygen atoms in total. The van der Waals surface area contributed by atoms with Crippen molar-refractivity contribution in [2.45, 2.75) is 39.7 Å². The number of rotatable bonds is 7. The Labute approximate surface area is 114 Å². The van der Waals surface area contributed by atoms with Crippen molar-refractivity contribution < 1.29 is 4.74 Å². The Morgan fingerprint density at radius 1 is 1.18 bits per heavy atom. The Bertz CT molecular complexity index is 298. The number of alkyl halides is 1. The summed E-state index contributed by atoms with van der Waals surface area (Å²) in [4.78, 5) is 0. The van der Waals surface area contributed by atoms with Gasteiger partial charge in [-0.2, -0.15) is 0 Å². The van der Waals surface area contributed by atoms with E-state index in [1.165, 1.54) is 5.56 Å². The zero-order valence-electron chi connectivity index (χ0n) is 11.1. The van der Waals surface area contributed by atoms with Crippen molar-refractivity contribution in [1.29, 1.82) is 0 Å². The van der Waals surface area contributed by atoms with Gasteiger partial charge in [0.15, 0.2) is 0 Å². The normalized spacial score (nSPS) is 13.6. The van der Waals surface area contributed by atoms with Crippen LogP contribution in [0.25, 0.3) is 0 Å². The van der Waals surface area contributed by atoms with E-state index in [9.17, 15) is 0 Å². The predicted octanol–water partition coefficient (Wildman–Crippen LogP) is 4.97. The fraction of sp³-hybridized carbons (Fsp3) is 0.600. The molecule has 0 aliphatic carbocycles. The Morgan fingerprint density at radius 2 is 1.76 bits per heavy atom. The van der Waals surface area contributed by atoms with E-state index in [4.69, 9.17) is 4.74 Å². The van der Waals surface area contributed by atoms with Crippen LogP contribution in [0.2, 0.25) is 0 Å². The fourth-order valence-electron chi connectivity index (χ4n) is 1.80. The minimum atomic E-state index is 0.174. The monoisotopic (exact) mass is 298 g/mol. The molecule has 0 heterocycles. The Kier molecular flexibility index (Phi) is 6.21. The SMILES string of the molecule is CCC(CC)(CBr)COC(C)c1ccccc1. The van der Waals surface area contributed by atoms with Gasteiger partial charge in [0.1, 0.15) is 0 Å². The summed E-state index contributed by atoms with van der Waals surface area (Å²) in [6.07, 6.45) is 2.47. The predicted molar refractivity (Wildman–Crippen MR) is 77.6 cm³/mol. The van der Waals surface area contributed by atoms with E-state index < -0.39 is 0 Å². The highest BCUT2D eigenvalue weighted by Crippen LogP contribution is 2.31. The molecule has 0 spiro atoms. The topological polar surface area (TPSA) is 9.23 Å². The first-order chi connectivity index (χ1) is 8.17. The summed E-state index contributed by atoms with van der Waals surface area (Å²) >= 11 is 3.62. The average Bonchev–Trinajstić information content (AvgIpc) is 2.41. The number of benzene rings is 1. The molecule has 0 aliphatic rings. The maximum absolute atomic E-state index is 6.04. The summed E-state index contributed by atoms with van der Waals surface area (Å²) in [6.45, 7) is 7.42. The van der Waals surface area contributed by atoms with Crippen molar-refractivity contribution in [2.75, 3.05) is 11.9 Å². The average molecular weight is 299 g/mol. The van der Waals surface area contributed by atoms with Crippen LogP contribution in [0, 0.1) is 5.41 Å². The Hall–Kier alpha value is -0.340. The van der Waals surface area contributed by atoms with Crippen molar-refractivity contribution in [3.63, 3.8) is 0 Å². The molecule has 0 N–H and O–H groups in total. The standard InChI is InChI=1S/C15H23BrO/c1-4-15(5-2,11-16)12-17-13(3)14-9-7-6-8-10-14/h6-10,13H,4-5,11-12H2,1-3H3. The van der Waals surface area contributed by atoms with Gasteiger partial charge in [-0.25, -0.2) is 0 Å². The van der Waals surface area contributed by atoms with Crippen molar-refractivity contribution in [3.8, 4) is 0 Å². The van der Waals surface area contributed by atoms with Gasteiger partial charge in [0.25, 0.3) is 0 Å². The van der Waals surface area contributed by atoms with Gasteiger partial charge in [-0.1, -0.05) is 60.1 Å². The summed E-state index contributed by atoms with van der Waals surface area (Å²) < 4.78 is 6.04. The van der Waals surface area contributed by atoms with Crippen LogP contribution in [-0.4, -0.2) is 11.9 Å². The van der Waals surface area contributed by atoms with E-state index in [0.29, 0.717) is 0 Å². The van der Waals surface area contributed by atoms with Crippen LogP contribution < -0.4 is 0 Å². The molecule has 0 saturated heterocycles. The molecule has 1 atom stereocenters. The molecule has 1 aromatic rings. The Morgan fingerprint density at radius 3 is 2.24 bits per heavy atom. The van der Waals surface area contributed by atoms with Gasteiger partial charge in [0.05, 0.1) is 12.7 Å². The first kappa shape index (κ1) is 14.7. The molecule has 0 amide bonds. The minimum absolute atomic E-state index is 0.174.